The number of nitrogens with one attached hydrogen (secondary N) is 1. The van der Waals surface area contributed by atoms with E-state index >= 15 is 0 Å². The van der Waals surface area contributed by atoms with E-state index in [0.717, 1.165) is 44.9 Å². The Morgan fingerprint density at radius 1 is 0.463 bits per heavy atom. The molecule has 6 nitrogen and oxygen atoms in total. The topological polar surface area (TPSA) is 95.9 Å². The summed E-state index contributed by atoms with van der Waals surface area (Å²) in [6, 6.07) is -0.690. The van der Waals surface area contributed by atoms with Crippen LogP contribution in [0.4, 0.5) is 0 Å². The minimum absolute atomic E-state index is 0.0866. The van der Waals surface area contributed by atoms with E-state index in [1.54, 1.807) is 0 Å². The molecule has 6 heteroatoms. The van der Waals surface area contributed by atoms with Crippen LogP contribution < -0.4 is 5.32 Å². The van der Waals surface area contributed by atoms with E-state index in [4.69, 9.17) is 4.74 Å². The minimum atomic E-state index is -0.777. The van der Waals surface area contributed by atoms with Crippen LogP contribution in [0.3, 0.4) is 0 Å². The Kier molecular flexibility index (Phi) is 42.1. The molecule has 0 radical (unpaired) electrons. The molecule has 322 valence electrons. The SMILES string of the molecule is CCCCCCCCCCCCCCCC(=O)OC(CCCCCCCCCCC)CC(=O)NC(CO)C(O)CCCCCCCCCCCCCCC. The van der Waals surface area contributed by atoms with Gasteiger partial charge in [-0.3, -0.25) is 9.59 Å². The van der Waals surface area contributed by atoms with Crippen LogP contribution in [0.15, 0.2) is 0 Å². The standard InChI is InChI=1S/C48H95NO5/c1-4-7-10-13-16-19-21-23-25-28-31-34-37-40-46(51)45(43-50)49-47(52)42-44(39-36-33-30-27-18-15-12-9-6-3)54-48(53)41-38-35-32-29-26-24-22-20-17-14-11-8-5-2/h44-46,50-51H,4-43H2,1-3H3,(H,49,52). The highest BCUT2D eigenvalue weighted by atomic mass is 16.5. The first kappa shape index (κ1) is 52.9. The summed E-state index contributed by atoms with van der Waals surface area (Å²) in [5, 5.41) is 23.7. The second kappa shape index (κ2) is 43.0. The number of amides is 1. The lowest BCUT2D eigenvalue weighted by Crippen LogP contribution is -2.46. The van der Waals surface area contributed by atoms with E-state index in [-0.39, 0.29) is 24.9 Å². The Morgan fingerprint density at radius 2 is 0.778 bits per heavy atom. The number of aliphatic hydroxyl groups excluding tert-OH is 2. The minimum Gasteiger partial charge on any atom is -0.462 e. The van der Waals surface area contributed by atoms with E-state index in [0.29, 0.717) is 19.3 Å². The highest BCUT2D eigenvalue weighted by molar-refractivity contribution is 5.77. The van der Waals surface area contributed by atoms with Gasteiger partial charge in [0.15, 0.2) is 0 Å². The summed E-state index contributed by atoms with van der Waals surface area (Å²) >= 11 is 0. The number of carbonyl (C=O) groups excluding carboxylic acids is 2. The summed E-state index contributed by atoms with van der Waals surface area (Å²) in [5.74, 6) is -0.457. The van der Waals surface area contributed by atoms with E-state index in [2.05, 4.69) is 26.1 Å². The van der Waals surface area contributed by atoms with Crippen molar-refractivity contribution >= 4 is 11.9 Å². The summed E-state index contributed by atoms with van der Waals surface area (Å²) in [4.78, 5) is 26.0. The van der Waals surface area contributed by atoms with Gasteiger partial charge in [0, 0.05) is 6.42 Å². The summed E-state index contributed by atoms with van der Waals surface area (Å²) in [6.45, 7) is 6.48. The normalized spacial score (nSPS) is 13.2. The van der Waals surface area contributed by atoms with E-state index in [9.17, 15) is 19.8 Å². The zero-order chi connectivity index (χ0) is 39.6. The predicted molar refractivity (Wildman–Crippen MR) is 232 cm³/mol. The first-order chi connectivity index (χ1) is 26.5. The molecule has 0 spiro atoms. The molecular formula is C48H95NO5. The third-order valence-electron chi connectivity index (χ3n) is 11.4. The molecule has 0 fully saturated rings. The van der Waals surface area contributed by atoms with Gasteiger partial charge in [-0.2, -0.15) is 0 Å². The van der Waals surface area contributed by atoms with E-state index in [1.165, 1.54) is 180 Å². The van der Waals surface area contributed by atoms with Crippen LogP contribution in [0, 0.1) is 0 Å². The maximum atomic E-state index is 13.1. The average Bonchev–Trinajstić information content (AvgIpc) is 3.16. The number of hydrogen-bond donors (Lipinski definition) is 3. The van der Waals surface area contributed by atoms with Crippen molar-refractivity contribution in [2.24, 2.45) is 0 Å². The summed E-state index contributed by atoms with van der Waals surface area (Å²) in [7, 11) is 0. The van der Waals surface area contributed by atoms with E-state index in [1.807, 2.05) is 0 Å². The summed E-state index contributed by atoms with van der Waals surface area (Å²) in [6.07, 6.45) is 44.5. The van der Waals surface area contributed by atoms with Gasteiger partial charge in [0.05, 0.1) is 25.2 Å². The Morgan fingerprint density at radius 3 is 1.13 bits per heavy atom. The zero-order valence-corrected chi connectivity index (χ0v) is 36.6. The fourth-order valence-corrected chi connectivity index (χ4v) is 7.73. The number of rotatable bonds is 44. The van der Waals surface area contributed by atoms with Gasteiger partial charge in [-0.05, 0) is 25.7 Å². The molecule has 54 heavy (non-hydrogen) atoms. The van der Waals surface area contributed by atoms with Gasteiger partial charge < -0.3 is 20.3 Å². The fraction of sp³-hybridized carbons (Fsp3) is 0.958. The Balaban J connectivity index is 4.45. The lowest BCUT2D eigenvalue weighted by molar-refractivity contribution is -0.151. The van der Waals surface area contributed by atoms with E-state index < -0.39 is 18.2 Å². The molecule has 0 aliphatic heterocycles. The van der Waals surface area contributed by atoms with Crippen LogP contribution in [0.1, 0.15) is 271 Å². The van der Waals surface area contributed by atoms with Crippen molar-refractivity contribution < 1.29 is 24.5 Å². The number of hydrogen-bond acceptors (Lipinski definition) is 5. The molecule has 0 rings (SSSR count). The molecule has 0 bridgehead atoms. The molecule has 0 aliphatic rings. The zero-order valence-electron chi connectivity index (χ0n) is 36.6. The summed E-state index contributed by atoms with van der Waals surface area (Å²) < 4.78 is 5.90. The molecule has 3 atom stereocenters. The molecule has 0 aliphatic carbocycles. The molecule has 0 saturated heterocycles. The lowest BCUT2D eigenvalue weighted by Gasteiger charge is -2.24. The van der Waals surface area contributed by atoms with Gasteiger partial charge in [0.25, 0.3) is 0 Å². The molecule has 0 aromatic carbocycles. The largest absolute Gasteiger partial charge is 0.462 e. The van der Waals surface area contributed by atoms with Crippen LogP contribution in [-0.4, -0.2) is 46.9 Å². The molecule has 3 unspecified atom stereocenters. The first-order valence-electron chi connectivity index (χ1n) is 24.3. The predicted octanol–water partition coefficient (Wildman–Crippen LogP) is 14.0. The number of carbonyl (C=O) groups is 2. The first-order valence-corrected chi connectivity index (χ1v) is 24.3. The maximum Gasteiger partial charge on any atom is 0.306 e. The second-order valence-electron chi connectivity index (χ2n) is 16.9. The Hall–Kier alpha value is -1.14. The van der Waals surface area contributed by atoms with Crippen molar-refractivity contribution in [2.45, 2.75) is 289 Å². The third kappa shape index (κ3) is 37.8. The highest BCUT2D eigenvalue weighted by Gasteiger charge is 2.24. The van der Waals surface area contributed by atoms with Crippen LogP contribution >= 0.6 is 0 Å². The number of esters is 1. The average molecular weight is 766 g/mol. The molecule has 0 heterocycles. The van der Waals surface area contributed by atoms with Gasteiger partial charge in [-0.1, -0.05) is 233 Å². The number of ether oxygens (including phenoxy) is 1. The molecule has 0 aromatic heterocycles. The molecule has 3 N–H and O–H groups in total. The fourth-order valence-electron chi connectivity index (χ4n) is 7.73. The number of aliphatic hydroxyl groups is 2. The maximum absolute atomic E-state index is 13.1. The smallest absolute Gasteiger partial charge is 0.306 e. The van der Waals surface area contributed by atoms with Gasteiger partial charge in [-0.25, -0.2) is 0 Å². The number of unbranched alkanes of at least 4 members (excludes halogenated alkanes) is 32. The van der Waals surface area contributed by atoms with Gasteiger partial charge in [0.1, 0.15) is 6.10 Å². The second-order valence-corrected chi connectivity index (χ2v) is 16.9. The van der Waals surface area contributed by atoms with Crippen LogP contribution in [0.2, 0.25) is 0 Å². The van der Waals surface area contributed by atoms with Crippen molar-refractivity contribution in [3.63, 3.8) is 0 Å². The van der Waals surface area contributed by atoms with Crippen LogP contribution in [0.5, 0.6) is 0 Å². The van der Waals surface area contributed by atoms with Gasteiger partial charge in [0.2, 0.25) is 5.91 Å². The highest BCUT2D eigenvalue weighted by Crippen LogP contribution is 2.18. The van der Waals surface area contributed by atoms with Gasteiger partial charge >= 0.3 is 5.97 Å². The van der Waals surface area contributed by atoms with Crippen molar-refractivity contribution in [3.8, 4) is 0 Å². The van der Waals surface area contributed by atoms with Crippen molar-refractivity contribution in [1.29, 1.82) is 0 Å². The van der Waals surface area contributed by atoms with Crippen molar-refractivity contribution in [3.05, 3.63) is 0 Å². The summed E-state index contributed by atoms with van der Waals surface area (Å²) in [5.41, 5.74) is 0. The third-order valence-corrected chi connectivity index (χ3v) is 11.4. The molecule has 0 aromatic rings. The quantitative estimate of drug-likeness (QED) is 0.0424. The Labute approximate surface area is 336 Å². The molecule has 1 amide bonds. The van der Waals surface area contributed by atoms with Crippen molar-refractivity contribution in [1.82, 2.24) is 5.32 Å². The molecular weight excluding hydrogens is 671 g/mol. The van der Waals surface area contributed by atoms with Crippen molar-refractivity contribution in [2.75, 3.05) is 6.61 Å². The van der Waals surface area contributed by atoms with Gasteiger partial charge in [-0.15, -0.1) is 0 Å². The Bertz CT molecular complexity index is 776. The monoisotopic (exact) mass is 766 g/mol. The van der Waals surface area contributed by atoms with Crippen LogP contribution in [-0.2, 0) is 14.3 Å². The molecule has 0 saturated carbocycles. The lowest BCUT2D eigenvalue weighted by atomic mass is 10.0. The van der Waals surface area contributed by atoms with Crippen LogP contribution in [0.25, 0.3) is 0 Å².